The van der Waals surface area contributed by atoms with Gasteiger partial charge in [-0.3, -0.25) is 0 Å². The van der Waals surface area contributed by atoms with Crippen LogP contribution in [0.25, 0.3) is 0 Å². The first kappa shape index (κ1) is 8.73. The minimum absolute atomic E-state index is 0.0961. The van der Waals surface area contributed by atoms with Crippen molar-refractivity contribution < 1.29 is 14.3 Å². The summed E-state index contributed by atoms with van der Waals surface area (Å²) in [5, 5.41) is 8.47. The summed E-state index contributed by atoms with van der Waals surface area (Å²) in [4.78, 5) is 10.6. The minimum Gasteiger partial charge on any atom is -0.475 e. The number of carbonyl (C=O) groups is 1. The number of nitrogens with two attached hydrogens (primary N) is 1. The highest BCUT2D eigenvalue weighted by Gasteiger charge is 2.08. The molecule has 0 aliphatic heterocycles. The number of hydrogen-bond donors (Lipinski definition) is 2. The minimum atomic E-state index is -1.09. The lowest BCUT2D eigenvalue weighted by Crippen LogP contribution is -2.10. The predicted molar refractivity (Wildman–Crippen MR) is 46.2 cm³/mol. The van der Waals surface area contributed by atoms with E-state index in [9.17, 15) is 4.79 Å². The average molecular weight is 185 g/mol. The molecule has 3 N–H and O–H groups in total. The molecule has 0 aliphatic rings. The summed E-state index contributed by atoms with van der Waals surface area (Å²) in [7, 11) is 0. The van der Waals surface area contributed by atoms with Crippen LogP contribution in [0.1, 0.15) is 16.3 Å². The van der Waals surface area contributed by atoms with Crippen molar-refractivity contribution >= 4 is 23.2 Å². The van der Waals surface area contributed by atoms with Gasteiger partial charge in [0.1, 0.15) is 5.76 Å². The predicted octanol–water partition coefficient (Wildman–Crippen LogP) is 0.806. The van der Waals surface area contributed by atoms with E-state index >= 15 is 0 Å². The Bertz CT molecular complexity index is 318. The normalized spacial score (nSPS) is 9.67. The summed E-state index contributed by atoms with van der Waals surface area (Å²) in [6.07, 6.45) is 0.294. The van der Waals surface area contributed by atoms with Gasteiger partial charge in [0, 0.05) is 0 Å². The molecule has 0 spiro atoms. The molecule has 0 saturated heterocycles. The molecule has 12 heavy (non-hydrogen) atoms. The molecule has 0 fully saturated rings. The van der Waals surface area contributed by atoms with Gasteiger partial charge in [-0.05, 0) is 12.1 Å². The maximum absolute atomic E-state index is 10.3. The number of furan rings is 1. The smallest absolute Gasteiger partial charge is 0.371 e. The Hall–Kier alpha value is -1.36. The van der Waals surface area contributed by atoms with Crippen LogP contribution in [0.2, 0.25) is 0 Å². The van der Waals surface area contributed by atoms with Gasteiger partial charge in [0.25, 0.3) is 0 Å². The Morgan fingerprint density at radius 2 is 2.33 bits per heavy atom. The highest BCUT2D eigenvalue weighted by Crippen LogP contribution is 2.08. The van der Waals surface area contributed by atoms with Gasteiger partial charge in [0.15, 0.2) is 0 Å². The molecule has 0 atom stereocenters. The van der Waals surface area contributed by atoms with Gasteiger partial charge in [-0.1, -0.05) is 12.2 Å². The quantitative estimate of drug-likeness (QED) is 0.681. The van der Waals surface area contributed by atoms with Gasteiger partial charge in [-0.2, -0.15) is 0 Å². The standard InChI is InChI=1S/C7H7NO3S/c8-6(12)3-4-1-2-5(11-4)7(9)10/h1-2H,3H2,(H2,8,12)(H,9,10). The second-order valence-corrected chi connectivity index (χ2v) is 2.74. The van der Waals surface area contributed by atoms with E-state index in [2.05, 4.69) is 12.2 Å². The van der Waals surface area contributed by atoms with Crippen molar-refractivity contribution in [3.63, 3.8) is 0 Å². The van der Waals surface area contributed by atoms with Crippen molar-refractivity contribution in [2.75, 3.05) is 0 Å². The topological polar surface area (TPSA) is 76.5 Å². The second-order valence-electron chi connectivity index (χ2n) is 2.21. The summed E-state index contributed by atoms with van der Waals surface area (Å²) in [5.41, 5.74) is 5.23. The zero-order chi connectivity index (χ0) is 9.14. The monoisotopic (exact) mass is 185 g/mol. The first-order chi connectivity index (χ1) is 5.59. The number of aromatic carboxylic acids is 1. The Kier molecular flexibility index (Phi) is 2.44. The number of thiocarbonyl (C=S) groups is 1. The van der Waals surface area contributed by atoms with E-state index in [0.717, 1.165) is 0 Å². The number of hydrogen-bond acceptors (Lipinski definition) is 3. The molecule has 5 heteroatoms. The summed E-state index contributed by atoms with van der Waals surface area (Å²) in [6, 6.07) is 2.92. The van der Waals surface area contributed by atoms with Crippen molar-refractivity contribution in [1.29, 1.82) is 0 Å². The van der Waals surface area contributed by atoms with Crippen molar-refractivity contribution in [2.45, 2.75) is 6.42 Å². The first-order valence-corrected chi connectivity index (χ1v) is 3.60. The summed E-state index contributed by atoms with van der Waals surface area (Å²) >= 11 is 4.62. The molecule has 0 aliphatic carbocycles. The lowest BCUT2D eigenvalue weighted by Gasteiger charge is -1.91. The maximum Gasteiger partial charge on any atom is 0.371 e. The van der Waals surface area contributed by atoms with Crippen LogP contribution in [-0.2, 0) is 6.42 Å². The highest BCUT2D eigenvalue weighted by molar-refractivity contribution is 7.80. The first-order valence-electron chi connectivity index (χ1n) is 3.20. The lowest BCUT2D eigenvalue weighted by atomic mass is 10.3. The molecular formula is C7H7NO3S. The molecule has 0 saturated carbocycles. The molecule has 0 unspecified atom stereocenters. The molecule has 0 radical (unpaired) electrons. The Balaban J connectivity index is 2.77. The molecule has 1 aromatic heterocycles. The fourth-order valence-electron chi connectivity index (χ4n) is 0.760. The second kappa shape index (κ2) is 3.36. The Labute approximate surface area is 74.0 Å². The largest absolute Gasteiger partial charge is 0.475 e. The van der Waals surface area contributed by atoms with Crippen LogP contribution >= 0.6 is 12.2 Å². The van der Waals surface area contributed by atoms with E-state index in [1.54, 1.807) is 6.07 Å². The van der Waals surface area contributed by atoms with Crippen LogP contribution in [0.15, 0.2) is 16.5 Å². The third kappa shape index (κ3) is 2.06. The zero-order valence-corrected chi connectivity index (χ0v) is 6.93. The molecule has 0 bridgehead atoms. The molecule has 0 aromatic carbocycles. The van der Waals surface area contributed by atoms with E-state index < -0.39 is 5.97 Å². The van der Waals surface area contributed by atoms with E-state index in [0.29, 0.717) is 12.2 Å². The number of carboxylic acids is 1. The lowest BCUT2D eigenvalue weighted by molar-refractivity contribution is 0.0660. The SMILES string of the molecule is NC(=S)Cc1ccc(C(=O)O)o1. The average Bonchev–Trinajstić information content (AvgIpc) is 2.34. The highest BCUT2D eigenvalue weighted by atomic mass is 32.1. The van der Waals surface area contributed by atoms with Gasteiger partial charge < -0.3 is 15.3 Å². The van der Waals surface area contributed by atoms with Crippen molar-refractivity contribution in [3.8, 4) is 0 Å². The van der Waals surface area contributed by atoms with E-state index in [4.69, 9.17) is 15.3 Å². The Morgan fingerprint density at radius 3 is 2.75 bits per heavy atom. The van der Waals surface area contributed by atoms with Crippen LogP contribution in [0.5, 0.6) is 0 Å². The number of rotatable bonds is 3. The van der Waals surface area contributed by atoms with Crippen molar-refractivity contribution in [2.24, 2.45) is 5.73 Å². The van der Waals surface area contributed by atoms with Gasteiger partial charge in [-0.25, -0.2) is 4.79 Å². The van der Waals surface area contributed by atoms with Crippen molar-refractivity contribution in [3.05, 3.63) is 23.7 Å². The van der Waals surface area contributed by atoms with E-state index in [-0.39, 0.29) is 10.7 Å². The summed E-state index contributed by atoms with van der Waals surface area (Å²) in [5.74, 6) is -0.717. The third-order valence-corrected chi connectivity index (χ3v) is 1.37. The van der Waals surface area contributed by atoms with E-state index in [1.807, 2.05) is 0 Å². The van der Waals surface area contributed by atoms with E-state index in [1.165, 1.54) is 6.07 Å². The van der Waals surface area contributed by atoms with Gasteiger partial charge in [0.05, 0.1) is 11.4 Å². The third-order valence-electron chi connectivity index (χ3n) is 1.22. The molecular weight excluding hydrogens is 178 g/mol. The fourth-order valence-corrected chi connectivity index (χ4v) is 0.902. The van der Waals surface area contributed by atoms with Gasteiger partial charge >= 0.3 is 5.97 Å². The molecule has 1 aromatic rings. The summed E-state index contributed by atoms with van der Waals surface area (Å²) in [6.45, 7) is 0. The van der Waals surface area contributed by atoms with Gasteiger partial charge in [-0.15, -0.1) is 0 Å². The zero-order valence-electron chi connectivity index (χ0n) is 6.11. The summed E-state index contributed by atoms with van der Waals surface area (Å²) < 4.78 is 4.89. The molecule has 1 rings (SSSR count). The maximum atomic E-state index is 10.3. The Morgan fingerprint density at radius 1 is 1.67 bits per heavy atom. The van der Waals surface area contributed by atoms with Crippen LogP contribution in [0.3, 0.4) is 0 Å². The van der Waals surface area contributed by atoms with Crippen molar-refractivity contribution in [1.82, 2.24) is 0 Å². The van der Waals surface area contributed by atoms with Crippen LogP contribution < -0.4 is 5.73 Å². The van der Waals surface area contributed by atoms with Gasteiger partial charge in [0.2, 0.25) is 5.76 Å². The molecule has 1 heterocycles. The van der Waals surface area contributed by atoms with Crippen LogP contribution in [0, 0.1) is 0 Å². The fraction of sp³-hybridized carbons (Fsp3) is 0.143. The number of carboxylic acid groups (broad SMARTS) is 1. The van der Waals surface area contributed by atoms with Crippen LogP contribution in [0.4, 0.5) is 0 Å². The van der Waals surface area contributed by atoms with Crippen LogP contribution in [-0.4, -0.2) is 16.1 Å². The molecule has 0 amide bonds. The molecule has 64 valence electrons. The molecule has 4 nitrogen and oxygen atoms in total.